The lowest BCUT2D eigenvalue weighted by Gasteiger charge is -2.17. The maximum absolute atomic E-state index is 13.2. The number of nitrogens with zero attached hydrogens (tertiary/aromatic N) is 5. The number of carboxylic acid groups (broad SMARTS) is 1. The smallest absolute Gasteiger partial charge is 0.314 e. The summed E-state index contributed by atoms with van der Waals surface area (Å²) in [6.07, 6.45) is 9.52. The number of halogens is 3. The van der Waals surface area contributed by atoms with E-state index in [0.717, 1.165) is 98.3 Å². The molecule has 3 aliphatic carbocycles. The van der Waals surface area contributed by atoms with Gasteiger partial charge in [-0.1, -0.05) is 71.2 Å². The lowest BCUT2D eigenvalue weighted by molar-refractivity contribution is -0.140. The highest BCUT2D eigenvalue weighted by Gasteiger charge is 2.53. The molecule has 482 valence electrons. The fourth-order valence-corrected chi connectivity index (χ4v) is 11.6. The van der Waals surface area contributed by atoms with E-state index in [4.69, 9.17) is 74.3 Å². The lowest BCUT2D eigenvalue weighted by atomic mass is 9.95. The molecule has 0 radical (unpaired) electrons. The van der Waals surface area contributed by atoms with Gasteiger partial charge in [-0.2, -0.15) is 0 Å². The molecule has 6 aromatic heterocycles. The van der Waals surface area contributed by atoms with Crippen LogP contribution in [0.1, 0.15) is 88.6 Å². The Labute approximate surface area is 554 Å². The van der Waals surface area contributed by atoms with Gasteiger partial charge in [0.15, 0.2) is 0 Å². The molecular formula is C71H72Cl3N9O10. The first-order valence-corrected chi connectivity index (χ1v) is 30.9. The number of amides is 2. The van der Waals surface area contributed by atoms with Crippen molar-refractivity contribution in [1.29, 1.82) is 0 Å². The van der Waals surface area contributed by atoms with Crippen LogP contribution in [0.5, 0.6) is 29.0 Å². The number of pyridine rings is 6. The second kappa shape index (κ2) is 28.5. The number of H-pyrrole nitrogens is 1. The van der Waals surface area contributed by atoms with Crippen molar-refractivity contribution in [1.82, 2.24) is 29.9 Å². The number of ether oxygens (including phenoxy) is 5. The summed E-state index contributed by atoms with van der Waals surface area (Å²) in [4.78, 5) is 74.0. The van der Waals surface area contributed by atoms with Gasteiger partial charge in [-0.15, -0.1) is 0 Å². The average Bonchev–Trinajstić information content (AvgIpc) is 1.59. The van der Waals surface area contributed by atoms with Gasteiger partial charge in [0.25, 0.3) is 5.56 Å². The van der Waals surface area contributed by atoms with Gasteiger partial charge in [0.1, 0.15) is 34.7 Å². The maximum Gasteiger partial charge on any atom is 0.314 e. The normalized spacial score (nSPS) is 14.0. The first kappa shape index (κ1) is 67.8. The monoisotopic (exact) mass is 1320 g/mol. The molecular weight excluding hydrogens is 1250 g/mol. The molecule has 3 saturated carbocycles. The minimum absolute atomic E-state index is 0.0833. The lowest BCUT2D eigenvalue weighted by Crippen LogP contribution is -2.28. The number of anilines is 3. The van der Waals surface area contributed by atoms with Crippen molar-refractivity contribution in [2.75, 3.05) is 51.9 Å². The number of nitrogens with two attached hydrogens (primary N) is 1. The highest BCUT2D eigenvalue weighted by atomic mass is 35.5. The fourth-order valence-electron chi connectivity index (χ4n) is 10.8. The number of nitrogens with one attached hydrogen (secondary N) is 3. The quantitative estimate of drug-likeness (QED) is 0.0602. The van der Waals surface area contributed by atoms with Gasteiger partial charge in [0.2, 0.25) is 23.6 Å². The third kappa shape index (κ3) is 15.0. The average molecular weight is 1320 g/mol. The number of carbonyl (C=O) groups is 3. The summed E-state index contributed by atoms with van der Waals surface area (Å²) >= 11 is 18.5. The topological polar surface area (TPSA) is 265 Å². The zero-order valence-corrected chi connectivity index (χ0v) is 55.7. The molecule has 0 bridgehead atoms. The zero-order valence-electron chi connectivity index (χ0n) is 53.4. The zero-order chi connectivity index (χ0) is 67.1. The van der Waals surface area contributed by atoms with Crippen LogP contribution < -0.4 is 45.6 Å². The van der Waals surface area contributed by atoms with Crippen LogP contribution in [0.4, 0.5) is 17.5 Å². The highest BCUT2D eigenvalue weighted by molar-refractivity contribution is 6.33. The Morgan fingerprint density at radius 1 is 0.473 bits per heavy atom. The molecule has 3 aromatic carbocycles. The fraction of sp³-hybridized carbons (Fsp3) is 0.282. The van der Waals surface area contributed by atoms with Crippen LogP contribution in [-0.2, 0) is 30.6 Å². The van der Waals surface area contributed by atoms with Gasteiger partial charge in [0.05, 0.1) is 83.9 Å². The molecule has 22 heteroatoms. The van der Waals surface area contributed by atoms with E-state index in [2.05, 4.69) is 35.6 Å². The molecule has 12 rings (SSSR count). The van der Waals surface area contributed by atoms with Crippen molar-refractivity contribution in [3.8, 4) is 62.8 Å². The Kier molecular flexibility index (Phi) is 20.8. The molecule has 6 N–H and O–H groups in total. The highest BCUT2D eigenvalue weighted by Crippen LogP contribution is 2.52. The standard InChI is InChI=1S/C24H24ClN3O3.C23H22ClN3O3.C13H15N3O.C11H11ClO3/c1-14-5-8-20(27-21(14)16-11-15(2)22(31-4)26-13-16)28-23(29)24(9-10-24)17-6-7-19(30-3)18(25)12-17;1-13-4-7-19(26-20(13)15-10-14(2)21(28)25-12-15)27-22(29)23(8-9-23)16-5-6-18(30-3)17(24)11-16;1-8-4-5-11(14)16-12(8)10-6-9(2)13(17-3)15-7-10;1-15-9-3-2-7(6-8(9)12)11(4-5-11)10(13)14/h5-8,11-13H,9-10H2,1-4H3,(H,27,28,29);4-7,10-12H,8-9H2,1-3H3,(H,25,28)(H,26,27,29);4-7H,1-3H3,(H2,14,16);2-3,6H,4-5H2,1H3,(H,13,14). The van der Waals surface area contributed by atoms with Crippen molar-refractivity contribution < 1.29 is 43.2 Å². The largest absolute Gasteiger partial charge is 0.495 e. The predicted octanol–water partition coefficient (Wildman–Crippen LogP) is 14.3. The second-order valence-corrected chi connectivity index (χ2v) is 24.4. The summed E-state index contributed by atoms with van der Waals surface area (Å²) in [5, 5.41) is 16.5. The molecule has 3 fully saturated rings. The number of rotatable bonds is 16. The van der Waals surface area contributed by atoms with E-state index in [0.29, 0.717) is 85.6 Å². The van der Waals surface area contributed by atoms with Crippen LogP contribution in [0.15, 0.2) is 133 Å². The number of carboxylic acids is 1. The minimum Gasteiger partial charge on any atom is -0.495 e. The number of carbonyl (C=O) groups excluding carboxylic acids is 2. The van der Waals surface area contributed by atoms with Crippen LogP contribution in [0, 0.1) is 41.5 Å². The Morgan fingerprint density at radius 3 is 1.18 bits per heavy atom. The molecule has 0 aliphatic heterocycles. The number of methoxy groups -OCH3 is 5. The summed E-state index contributed by atoms with van der Waals surface area (Å²) in [6, 6.07) is 33.1. The Hall–Kier alpha value is -9.56. The van der Waals surface area contributed by atoms with E-state index in [1.807, 2.05) is 89.2 Å². The molecule has 0 unspecified atom stereocenters. The number of hydrogen-bond donors (Lipinski definition) is 5. The molecule has 9 aromatic rings. The predicted molar refractivity (Wildman–Crippen MR) is 363 cm³/mol. The van der Waals surface area contributed by atoms with E-state index >= 15 is 0 Å². The first-order chi connectivity index (χ1) is 44.4. The number of hydrogen-bond acceptors (Lipinski definition) is 15. The summed E-state index contributed by atoms with van der Waals surface area (Å²) in [7, 11) is 7.87. The number of aromatic nitrogens is 6. The van der Waals surface area contributed by atoms with Crippen LogP contribution in [0.2, 0.25) is 15.1 Å². The summed E-state index contributed by atoms with van der Waals surface area (Å²) in [5.74, 6) is 3.48. The number of nitrogen functional groups attached to an aromatic ring is 1. The number of aliphatic carboxylic acids is 1. The SMILES string of the molecule is COc1ccc(C2(C(=O)Nc3ccc(C)c(-c4c[nH]c(=O)c(C)c4)n3)CC2)cc1Cl.COc1ccc(C2(C(=O)Nc3ccc(C)c(-c4cnc(OC)c(C)c4)n3)CC2)cc1Cl.COc1ccc(C2(C(=O)O)CC2)cc1Cl.COc1ncc(-c2nc(N)ccc2C)cc1C. The Morgan fingerprint density at radius 2 is 0.839 bits per heavy atom. The number of benzene rings is 3. The molecule has 0 spiro atoms. The first-order valence-electron chi connectivity index (χ1n) is 29.7. The second-order valence-electron chi connectivity index (χ2n) is 23.1. The molecule has 0 saturated heterocycles. The van der Waals surface area contributed by atoms with E-state index in [1.165, 1.54) is 7.11 Å². The van der Waals surface area contributed by atoms with Gasteiger partial charge in [0, 0.05) is 52.0 Å². The Balaban J connectivity index is 0.000000153. The van der Waals surface area contributed by atoms with Crippen LogP contribution >= 0.6 is 34.8 Å². The van der Waals surface area contributed by atoms with Crippen molar-refractivity contribution in [3.05, 3.63) is 203 Å². The van der Waals surface area contributed by atoms with E-state index in [1.54, 1.807) is 109 Å². The minimum atomic E-state index is -0.774. The van der Waals surface area contributed by atoms with E-state index in [-0.39, 0.29) is 17.4 Å². The van der Waals surface area contributed by atoms with Crippen molar-refractivity contribution >= 4 is 70.0 Å². The maximum atomic E-state index is 13.2. The molecule has 19 nitrogen and oxygen atoms in total. The van der Waals surface area contributed by atoms with Crippen molar-refractivity contribution in [2.45, 2.75) is 96.3 Å². The van der Waals surface area contributed by atoms with Gasteiger partial charge in [-0.3, -0.25) is 19.2 Å². The van der Waals surface area contributed by atoms with Crippen molar-refractivity contribution in [2.24, 2.45) is 0 Å². The van der Waals surface area contributed by atoms with Gasteiger partial charge in [-0.25, -0.2) is 24.9 Å². The molecule has 0 atom stereocenters. The number of aromatic amines is 1. The van der Waals surface area contributed by atoms with E-state index in [9.17, 15) is 19.2 Å². The Bertz CT molecular complexity index is 4380. The van der Waals surface area contributed by atoms with Crippen LogP contribution in [0.3, 0.4) is 0 Å². The van der Waals surface area contributed by atoms with Crippen molar-refractivity contribution in [3.63, 3.8) is 0 Å². The van der Waals surface area contributed by atoms with Crippen LogP contribution in [-0.4, -0.2) is 88.3 Å². The third-order valence-electron chi connectivity index (χ3n) is 16.8. The molecule has 6 heterocycles. The molecule has 93 heavy (non-hydrogen) atoms. The van der Waals surface area contributed by atoms with Gasteiger partial charge < -0.3 is 50.1 Å². The van der Waals surface area contributed by atoms with Crippen LogP contribution in [0.25, 0.3) is 33.8 Å². The van der Waals surface area contributed by atoms with Gasteiger partial charge in [-0.05, 0) is 186 Å². The van der Waals surface area contributed by atoms with Gasteiger partial charge >= 0.3 is 5.97 Å². The molecule has 3 aliphatic rings. The third-order valence-corrected chi connectivity index (χ3v) is 17.7. The number of aryl methyl sites for hydroxylation is 6. The summed E-state index contributed by atoms with van der Waals surface area (Å²) in [6.45, 7) is 11.6. The summed E-state index contributed by atoms with van der Waals surface area (Å²) in [5.41, 5.74) is 16.7. The summed E-state index contributed by atoms with van der Waals surface area (Å²) < 4.78 is 25.8. The van der Waals surface area contributed by atoms with E-state index < -0.39 is 22.2 Å². The molecule has 2 amide bonds.